The van der Waals surface area contributed by atoms with Crippen LogP contribution in [-0.4, -0.2) is 36.2 Å². The highest BCUT2D eigenvalue weighted by Crippen LogP contribution is 2.06. The molecule has 1 aromatic carbocycles. The molecule has 0 aliphatic heterocycles. The van der Waals surface area contributed by atoms with Gasteiger partial charge in [0.05, 0.1) is 7.11 Å². The third-order valence-corrected chi connectivity index (χ3v) is 3.30. The Morgan fingerprint density at radius 1 is 1.42 bits per heavy atom. The van der Waals surface area contributed by atoms with Crippen LogP contribution in [0.3, 0.4) is 0 Å². The highest BCUT2D eigenvalue weighted by Gasteiger charge is 2.19. The molecule has 0 radical (unpaired) electrons. The molecule has 0 fully saturated rings. The maximum atomic E-state index is 11.6. The van der Waals surface area contributed by atoms with Gasteiger partial charge in [-0.05, 0) is 42.8 Å². The van der Waals surface area contributed by atoms with Crippen molar-refractivity contribution in [1.82, 2.24) is 5.32 Å². The van der Waals surface area contributed by atoms with Gasteiger partial charge >= 0.3 is 5.97 Å². The van der Waals surface area contributed by atoms with E-state index in [1.54, 1.807) is 11.8 Å². The number of ether oxygens (including phenoxy) is 1. The third-order valence-electron chi connectivity index (χ3n) is 2.43. The number of methoxy groups -OCH3 is 1. The van der Waals surface area contributed by atoms with Crippen LogP contribution in [0.15, 0.2) is 30.3 Å². The Morgan fingerprint density at radius 3 is 2.68 bits per heavy atom. The van der Waals surface area contributed by atoms with Crippen molar-refractivity contribution < 1.29 is 9.53 Å². The first-order chi connectivity index (χ1) is 9.17. The maximum Gasteiger partial charge on any atom is 0.328 e. The number of hydrogen-bond acceptors (Lipinski definition) is 4. The predicted octanol–water partition coefficient (Wildman–Crippen LogP) is 2.27. The minimum absolute atomic E-state index is 0.300. The second kappa shape index (κ2) is 8.77. The van der Waals surface area contributed by atoms with E-state index >= 15 is 0 Å². The van der Waals surface area contributed by atoms with Gasteiger partial charge in [-0.3, -0.25) is 0 Å². The van der Waals surface area contributed by atoms with Crippen molar-refractivity contribution in [3.63, 3.8) is 0 Å². The lowest BCUT2D eigenvalue weighted by atomic mass is 10.2. The van der Waals surface area contributed by atoms with Crippen LogP contribution in [0, 0.1) is 0 Å². The molecule has 104 valence electrons. The molecular formula is C13H18N2O2S2. The van der Waals surface area contributed by atoms with Crippen LogP contribution in [-0.2, 0) is 9.53 Å². The van der Waals surface area contributed by atoms with Crippen molar-refractivity contribution in [3.8, 4) is 0 Å². The van der Waals surface area contributed by atoms with Crippen molar-refractivity contribution in [3.05, 3.63) is 30.3 Å². The Morgan fingerprint density at radius 2 is 2.11 bits per heavy atom. The summed E-state index contributed by atoms with van der Waals surface area (Å²) in [6.45, 7) is 0. The maximum absolute atomic E-state index is 11.6. The van der Waals surface area contributed by atoms with Gasteiger partial charge in [0.1, 0.15) is 6.04 Å². The Kier molecular flexibility index (Phi) is 7.28. The number of nitrogens with one attached hydrogen (secondary N) is 2. The first kappa shape index (κ1) is 15.8. The zero-order valence-electron chi connectivity index (χ0n) is 11.0. The van der Waals surface area contributed by atoms with Gasteiger partial charge in [-0.1, -0.05) is 18.2 Å². The highest BCUT2D eigenvalue weighted by molar-refractivity contribution is 7.98. The molecule has 1 rings (SSSR count). The molecule has 0 aliphatic carbocycles. The van der Waals surface area contributed by atoms with Gasteiger partial charge < -0.3 is 15.4 Å². The van der Waals surface area contributed by atoms with Gasteiger partial charge in [-0.15, -0.1) is 0 Å². The summed E-state index contributed by atoms with van der Waals surface area (Å²) in [5, 5.41) is 6.44. The summed E-state index contributed by atoms with van der Waals surface area (Å²) in [6, 6.07) is 9.15. The molecule has 0 saturated carbocycles. The minimum atomic E-state index is -0.416. The number of carbonyl (C=O) groups is 1. The number of thiocarbonyl (C=S) groups is 1. The summed E-state index contributed by atoms with van der Waals surface area (Å²) in [7, 11) is 1.38. The molecule has 4 nitrogen and oxygen atoms in total. The normalized spacial score (nSPS) is 11.5. The minimum Gasteiger partial charge on any atom is -0.467 e. The molecule has 1 unspecified atom stereocenters. The number of benzene rings is 1. The second-order valence-electron chi connectivity index (χ2n) is 3.82. The molecule has 0 saturated heterocycles. The lowest BCUT2D eigenvalue weighted by molar-refractivity contribution is -0.142. The number of thioether (sulfide) groups is 1. The summed E-state index contributed by atoms with van der Waals surface area (Å²) in [6.07, 6.45) is 2.67. The Bertz CT molecular complexity index is 412. The molecule has 19 heavy (non-hydrogen) atoms. The van der Waals surface area contributed by atoms with Gasteiger partial charge in [0.15, 0.2) is 5.11 Å². The molecule has 0 spiro atoms. The first-order valence-electron chi connectivity index (χ1n) is 5.86. The Labute approximate surface area is 123 Å². The molecule has 0 aliphatic rings. The van der Waals surface area contributed by atoms with Gasteiger partial charge in [0.2, 0.25) is 0 Å². The zero-order chi connectivity index (χ0) is 14.1. The standard InChI is InChI=1S/C13H18N2O2S2/c1-17-12(16)11(8-9-19-2)15-13(18)14-10-6-4-3-5-7-10/h3-7,11H,8-9H2,1-2H3,(H2,14,15,18). The summed E-state index contributed by atoms with van der Waals surface area (Å²) >= 11 is 6.87. The number of anilines is 1. The SMILES string of the molecule is COC(=O)C(CCSC)NC(=S)Nc1ccccc1. The van der Waals surface area contributed by atoms with E-state index in [1.807, 2.05) is 36.6 Å². The number of esters is 1. The second-order valence-corrected chi connectivity index (χ2v) is 5.22. The molecular weight excluding hydrogens is 280 g/mol. The lowest BCUT2D eigenvalue weighted by Gasteiger charge is -2.18. The van der Waals surface area contributed by atoms with Crippen molar-refractivity contribution in [2.75, 3.05) is 24.4 Å². The molecule has 0 aromatic heterocycles. The van der Waals surface area contributed by atoms with Crippen LogP contribution in [0.2, 0.25) is 0 Å². The third kappa shape index (κ3) is 5.94. The van der Waals surface area contributed by atoms with Crippen molar-refractivity contribution in [2.24, 2.45) is 0 Å². The van der Waals surface area contributed by atoms with Crippen LogP contribution in [0.5, 0.6) is 0 Å². The molecule has 0 amide bonds. The van der Waals surface area contributed by atoms with E-state index in [-0.39, 0.29) is 5.97 Å². The van der Waals surface area contributed by atoms with Crippen LogP contribution in [0.25, 0.3) is 0 Å². The van der Waals surface area contributed by atoms with E-state index in [0.717, 1.165) is 11.4 Å². The predicted molar refractivity (Wildman–Crippen MR) is 84.6 cm³/mol. The number of rotatable bonds is 6. The summed E-state index contributed by atoms with van der Waals surface area (Å²) in [4.78, 5) is 11.6. The van der Waals surface area contributed by atoms with E-state index in [0.29, 0.717) is 11.5 Å². The van der Waals surface area contributed by atoms with E-state index in [9.17, 15) is 4.79 Å². The monoisotopic (exact) mass is 298 g/mol. The van der Waals surface area contributed by atoms with E-state index in [4.69, 9.17) is 17.0 Å². The van der Waals surface area contributed by atoms with Crippen LogP contribution in [0.4, 0.5) is 5.69 Å². The van der Waals surface area contributed by atoms with E-state index in [2.05, 4.69) is 10.6 Å². The fraction of sp³-hybridized carbons (Fsp3) is 0.385. The van der Waals surface area contributed by atoms with Gasteiger partial charge in [-0.25, -0.2) is 4.79 Å². The summed E-state index contributed by atoms with van der Waals surface area (Å²) in [5.41, 5.74) is 0.883. The molecule has 2 N–H and O–H groups in total. The lowest BCUT2D eigenvalue weighted by Crippen LogP contribution is -2.43. The molecule has 0 bridgehead atoms. The van der Waals surface area contributed by atoms with E-state index < -0.39 is 6.04 Å². The average Bonchev–Trinajstić information content (AvgIpc) is 2.43. The largest absolute Gasteiger partial charge is 0.467 e. The number of para-hydroxylation sites is 1. The fourth-order valence-corrected chi connectivity index (χ4v) is 2.21. The fourth-order valence-electron chi connectivity index (χ4n) is 1.47. The van der Waals surface area contributed by atoms with Crippen molar-refractivity contribution >= 4 is 40.7 Å². The van der Waals surface area contributed by atoms with Gasteiger partial charge in [0.25, 0.3) is 0 Å². The number of hydrogen-bond donors (Lipinski definition) is 2. The molecule has 6 heteroatoms. The van der Waals surface area contributed by atoms with Crippen molar-refractivity contribution in [2.45, 2.75) is 12.5 Å². The average molecular weight is 298 g/mol. The summed E-state index contributed by atoms with van der Waals surface area (Å²) in [5.74, 6) is 0.562. The molecule has 1 aromatic rings. The van der Waals surface area contributed by atoms with Gasteiger partial charge in [-0.2, -0.15) is 11.8 Å². The molecule has 0 heterocycles. The number of carbonyl (C=O) groups excluding carboxylic acids is 1. The van der Waals surface area contributed by atoms with Crippen LogP contribution >= 0.6 is 24.0 Å². The smallest absolute Gasteiger partial charge is 0.328 e. The Balaban J connectivity index is 2.53. The van der Waals surface area contributed by atoms with Crippen LogP contribution in [0.1, 0.15) is 6.42 Å². The quantitative estimate of drug-likeness (QED) is 0.621. The first-order valence-corrected chi connectivity index (χ1v) is 7.67. The zero-order valence-corrected chi connectivity index (χ0v) is 12.6. The topological polar surface area (TPSA) is 50.4 Å². The van der Waals surface area contributed by atoms with E-state index in [1.165, 1.54) is 7.11 Å². The Hall–Kier alpha value is -1.27. The molecule has 1 atom stereocenters. The summed E-state index contributed by atoms with van der Waals surface area (Å²) < 4.78 is 4.76. The van der Waals surface area contributed by atoms with Crippen LogP contribution < -0.4 is 10.6 Å². The van der Waals surface area contributed by atoms with Crippen molar-refractivity contribution in [1.29, 1.82) is 0 Å². The highest BCUT2D eigenvalue weighted by atomic mass is 32.2. The van der Waals surface area contributed by atoms with Gasteiger partial charge in [0, 0.05) is 5.69 Å².